The zero-order valence-electron chi connectivity index (χ0n) is 10.9. The van der Waals surface area contributed by atoms with Gasteiger partial charge in [-0.1, -0.05) is 6.92 Å². The third-order valence-electron chi connectivity index (χ3n) is 2.43. The minimum atomic E-state index is -0.430. The molecule has 1 heterocycles. The Labute approximate surface area is 97.9 Å². The molecule has 1 aliphatic rings. The molecule has 0 aromatic heterocycles. The summed E-state index contributed by atoms with van der Waals surface area (Å²) in [6, 6.07) is 0. The van der Waals surface area contributed by atoms with E-state index in [2.05, 4.69) is 6.92 Å². The molecule has 0 radical (unpaired) electrons. The number of rotatable bonds is 1. The molecular formula is C12H23NO3. The highest BCUT2D eigenvalue weighted by Crippen LogP contribution is 2.17. The predicted molar refractivity (Wildman–Crippen MR) is 62.4 cm³/mol. The van der Waals surface area contributed by atoms with E-state index < -0.39 is 5.60 Å². The Bertz CT molecular complexity index is 247. The number of hydrogen-bond donors (Lipinski definition) is 0. The maximum atomic E-state index is 11.9. The predicted octanol–water partition coefficient (Wildman–Crippen LogP) is 2.42. The van der Waals surface area contributed by atoms with E-state index in [4.69, 9.17) is 9.47 Å². The molecule has 1 aliphatic heterocycles. The van der Waals surface area contributed by atoms with Gasteiger partial charge in [0.25, 0.3) is 0 Å². The number of morpholine rings is 1. The zero-order valence-corrected chi connectivity index (χ0v) is 10.9. The average Bonchev–Trinajstić information content (AvgIpc) is 2.14. The third kappa shape index (κ3) is 4.00. The van der Waals surface area contributed by atoms with E-state index in [1.54, 1.807) is 4.90 Å². The average molecular weight is 229 g/mol. The van der Waals surface area contributed by atoms with E-state index in [-0.39, 0.29) is 18.3 Å². The molecule has 1 unspecified atom stereocenters. The van der Waals surface area contributed by atoms with Crippen LogP contribution in [0.5, 0.6) is 0 Å². The van der Waals surface area contributed by atoms with Crippen LogP contribution in [0.4, 0.5) is 4.79 Å². The first-order valence-corrected chi connectivity index (χ1v) is 5.95. The lowest BCUT2D eigenvalue weighted by Crippen LogP contribution is -2.50. The summed E-state index contributed by atoms with van der Waals surface area (Å²) in [5.41, 5.74) is -0.430. The van der Waals surface area contributed by atoms with Crippen molar-refractivity contribution in [2.45, 2.75) is 58.8 Å². The number of hydrogen-bond acceptors (Lipinski definition) is 3. The van der Waals surface area contributed by atoms with Gasteiger partial charge in [0.2, 0.25) is 0 Å². The largest absolute Gasteiger partial charge is 0.444 e. The van der Waals surface area contributed by atoms with E-state index in [1.165, 1.54) is 0 Å². The molecule has 2 atom stereocenters. The summed E-state index contributed by atoms with van der Waals surface area (Å²) in [6.07, 6.45) is 0.910. The number of amides is 1. The normalized spacial score (nSPS) is 26.7. The van der Waals surface area contributed by atoms with Gasteiger partial charge in [0.15, 0.2) is 0 Å². The Morgan fingerprint density at radius 3 is 2.56 bits per heavy atom. The lowest BCUT2D eigenvalue weighted by Gasteiger charge is -2.37. The topological polar surface area (TPSA) is 38.8 Å². The van der Waals surface area contributed by atoms with Crippen LogP contribution in [-0.4, -0.2) is 41.9 Å². The molecule has 1 amide bonds. The summed E-state index contributed by atoms with van der Waals surface area (Å²) in [7, 11) is 0. The smallest absolute Gasteiger partial charge is 0.410 e. The van der Waals surface area contributed by atoms with E-state index in [9.17, 15) is 4.79 Å². The van der Waals surface area contributed by atoms with Crippen LogP contribution in [0.2, 0.25) is 0 Å². The van der Waals surface area contributed by atoms with Crippen molar-refractivity contribution in [1.82, 2.24) is 4.90 Å². The van der Waals surface area contributed by atoms with Crippen LogP contribution in [0.1, 0.15) is 41.0 Å². The van der Waals surface area contributed by atoms with Crippen molar-refractivity contribution in [1.29, 1.82) is 0 Å². The first-order chi connectivity index (χ1) is 7.31. The molecule has 1 saturated heterocycles. The van der Waals surface area contributed by atoms with Crippen molar-refractivity contribution in [3.05, 3.63) is 0 Å². The van der Waals surface area contributed by atoms with Crippen LogP contribution in [0.15, 0.2) is 0 Å². The van der Waals surface area contributed by atoms with E-state index in [0.717, 1.165) is 6.42 Å². The van der Waals surface area contributed by atoms with Crippen LogP contribution >= 0.6 is 0 Å². The Morgan fingerprint density at radius 2 is 2.06 bits per heavy atom. The summed E-state index contributed by atoms with van der Waals surface area (Å²) < 4.78 is 11.0. The second-order valence-electron chi connectivity index (χ2n) is 5.36. The number of nitrogens with zero attached hydrogens (tertiary/aromatic N) is 1. The molecule has 0 aromatic rings. The minimum Gasteiger partial charge on any atom is -0.444 e. The molecule has 4 heteroatoms. The summed E-state index contributed by atoms with van der Waals surface area (Å²) in [5.74, 6) is 0. The maximum Gasteiger partial charge on any atom is 0.410 e. The molecule has 1 rings (SSSR count). The molecule has 1 fully saturated rings. The highest BCUT2D eigenvalue weighted by Gasteiger charge is 2.30. The molecule has 0 N–H and O–H groups in total. The number of ether oxygens (including phenoxy) is 2. The Kier molecular flexibility index (Phi) is 4.19. The molecule has 0 spiro atoms. The van der Waals surface area contributed by atoms with Crippen molar-refractivity contribution < 1.29 is 14.3 Å². The van der Waals surface area contributed by atoms with Crippen LogP contribution in [0.25, 0.3) is 0 Å². The molecule has 0 saturated carbocycles. The van der Waals surface area contributed by atoms with Crippen LogP contribution < -0.4 is 0 Å². The van der Waals surface area contributed by atoms with Gasteiger partial charge in [-0.15, -0.1) is 0 Å². The van der Waals surface area contributed by atoms with Crippen molar-refractivity contribution >= 4 is 6.09 Å². The molecular weight excluding hydrogens is 206 g/mol. The fourth-order valence-electron chi connectivity index (χ4n) is 1.75. The van der Waals surface area contributed by atoms with Crippen LogP contribution in [0, 0.1) is 0 Å². The summed E-state index contributed by atoms with van der Waals surface area (Å²) in [6.45, 7) is 10.9. The molecule has 16 heavy (non-hydrogen) atoms. The molecule has 0 aromatic carbocycles. The van der Waals surface area contributed by atoms with Gasteiger partial charge < -0.3 is 14.4 Å². The maximum absolute atomic E-state index is 11.9. The zero-order chi connectivity index (χ0) is 12.3. The van der Waals surface area contributed by atoms with Gasteiger partial charge in [0.1, 0.15) is 5.60 Å². The van der Waals surface area contributed by atoms with E-state index in [0.29, 0.717) is 13.1 Å². The van der Waals surface area contributed by atoms with Gasteiger partial charge >= 0.3 is 6.09 Å². The van der Waals surface area contributed by atoms with Crippen molar-refractivity contribution in [2.75, 3.05) is 13.1 Å². The van der Waals surface area contributed by atoms with E-state index in [1.807, 2.05) is 27.7 Å². The quantitative estimate of drug-likeness (QED) is 0.693. The Balaban J connectivity index is 2.55. The SMILES string of the molecule is CC[C@H]1CN(C(=O)OC(C)(C)C)CC(C)O1. The second-order valence-corrected chi connectivity index (χ2v) is 5.36. The number of carbonyl (C=O) groups excluding carboxylic acids is 1. The molecule has 4 nitrogen and oxygen atoms in total. The van der Waals surface area contributed by atoms with Gasteiger partial charge in [0, 0.05) is 0 Å². The lowest BCUT2D eigenvalue weighted by atomic mass is 10.2. The van der Waals surface area contributed by atoms with Gasteiger partial charge in [-0.25, -0.2) is 4.79 Å². The van der Waals surface area contributed by atoms with E-state index >= 15 is 0 Å². The van der Waals surface area contributed by atoms with Crippen LogP contribution in [-0.2, 0) is 9.47 Å². The first-order valence-electron chi connectivity index (χ1n) is 5.95. The molecule has 0 bridgehead atoms. The van der Waals surface area contributed by atoms with Gasteiger partial charge in [0.05, 0.1) is 25.3 Å². The summed E-state index contributed by atoms with van der Waals surface area (Å²) in [5, 5.41) is 0. The van der Waals surface area contributed by atoms with Crippen molar-refractivity contribution in [2.24, 2.45) is 0 Å². The molecule has 0 aliphatic carbocycles. The van der Waals surface area contributed by atoms with Gasteiger partial charge in [-0.05, 0) is 34.1 Å². The Morgan fingerprint density at radius 1 is 1.44 bits per heavy atom. The summed E-state index contributed by atoms with van der Waals surface area (Å²) >= 11 is 0. The lowest BCUT2D eigenvalue weighted by molar-refractivity contribution is -0.0805. The molecule has 94 valence electrons. The van der Waals surface area contributed by atoms with Crippen molar-refractivity contribution in [3.8, 4) is 0 Å². The van der Waals surface area contributed by atoms with Gasteiger partial charge in [-0.2, -0.15) is 0 Å². The number of carbonyl (C=O) groups is 1. The fraction of sp³-hybridized carbons (Fsp3) is 0.917. The van der Waals surface area contributed by atoms with Gasteiger partial charge in [-0.3, -0.25) is 0 Å². The Hall–Kier alpha value is -0.770. The summed E-state index contributed by atoms with van der Waals surface area (Å²) in [4.78, 5) is 13.6. The third-order valence-corrected chi connectivity index (χ3v) is 2.43. The second kappa shape index (κ2) is 5.04. The highest BCUT2D eigenvalue weighted by atomic mass is 16.6. The van der Waals surface area contributed by atoms with Crippen molar-refractivity contribution in [3.63, 3.8) is 0 Å². The minimum absolute atomic E-state index is 0.0891. The highest BCUT2D eigenvalue weighted by molar-refractivity contribution is 5.68. The standard InChI is InChI=1S/C12H23NO3/c1-6-10-8-13(7-9(2)15-10)11(14)16-12(3,4)5/h9-10H,6-8H2,1-5H3/t9?,10-/m0/s1. The monoisotopic (exact) mass is 229 g/mol. The fourth-order valence-corrected chi connectivity index (χ4v) is 1.75. The first kappa shape index (κ1) is 13.3. The van der Waals surface area contributed by atoms with Crippen LogP contribution in [0.3, 0.4) is 0 Å².